The molecule has 0 radical (unpaired) electrons. The fourth-order valence-corrected chi connectivity index (χ4v) is 3.42. The van der Waals surface area contributed by atoms with E-state index in [9.17, 15) is 5.11 Å². The minimum Gasteiger partial charge on any atom is -0.387 e. The third-order valence-corrected chi connectivity index (χ3v) is 4.86. The molecule has 25 heavy (non-hydrogen) atoms. The SMILES string of the molecule is Cn1ncc2c(NC[C@@H](O)c3cccnc3)nc(C3CCCC3)nc21. The lowest BCUT2D eigenvalue weighted by molar-refractivity contribution is 0.191. The highest BCUT2D eigenvalue weighted by molar-refractivity contribution is 5.86. The molecular weight excluding hydrogens is 316 g/mol. The first-order valence-corrected chi connectivity index (χ1v) is 8.74. The van der Waals surface area contributed by atoms with Crippen LogP contribution in [0.2, 0.25) is 0 Å². The quantitative estimate of drug-likeness (QED) is 0.743. The van der Waals surface area contributed by atoms with E-state index in [0.29, 0.717) is 12.5 Å². The normalized spacial score (nSPS) is 16.4. The van der Waals surface area contributed by atoms with Gasteiger partial charge in [-0.05, 0) is 18.9 Å². The highest BCUT2D eigenvalue weighted by Gasteiger charge is 2.22. The van der Waals surface area contributed by atoms with E-state index in [1.165, 1.54) is 12.8 Å². The molecule has 130 valence electrons. The van der Waals surface area contributed by atoms with Crippen molar-refractivity contribution in [3.8, 4) is 0 Å². The van der Waals surface area contributed by atoms with Crippen molar-refractivity contribution in [2.75, 3.05) is 11.9 Å². The first kappa shape index (κ1) is 16.0. The summed E-state index contributed by atoms with van der Waals surface area (Å²) in [6.45, 7) is 0.358. The lowest BCUT2D eigenvalue weighted by atomic mass is 10.1. The van der Waals surface area contributed by atoms with Gasteiger partial charge < -0.3 is 10.4 Å². The van der Waals surface area contributed by atoms with Gasteiger partial charge in [0.05, 0.1) is 17.7 Å². The van der Waals surface area contributed by atoms with Crippen molar-refractivity contribution >= 4 is 16.9 Å². The van der Waals surface area contributed by atoms with E-state index in [4.69, 9.17) is 9.97 Å². The summed E-state index contributed by atoms with van der Waals surface area (Å²) in [4.78, 5) is 13.6. The Balaban J connectivity index is 1.61. The van der Waals surface area contributed by atoms with E-state index in [-0.39, 0.29) is 0 Å². The van der Waals surface area contributed by atoms with E-state index in [0.717, 1.165) is 41.1 Å². The van der Waals surface area contributed by atoms with Crippen LogP contribution in [0.1, 0.15) is 49.1 Å². The number of aromatic nitrogens is 5. The van der Waals surface area contributed by atoms with Crippen LogP contribution in [0.5, 0.6) is 0 Å². The molecule has 3 heterocycles. The number of hydrogen-bond donors (Lipinski definition) is 2. The summed E-state index contributed by atoms with van der Waals surface area (Å²) in [5, 5.41) is 18.8. The molecule has 0 aromatic carbocycles. The van der Waals surface area contributed by atoms with Crippen LogP contribution in [0.15, 0.2) is 30.7 Å². The minimum absolute atomic E-state index is 0.358. The Hall–Kier alpha value is -2.54. The second kappa shape index (κ2) is 6.76. The monoisotopic (exact) mass is 338 g/mol. The number of aliphatic hydroxyl groups is 1. The van der Waals surface area contributed by atoms with Crippen molar-refractivity contribution in [1.82, 2.24) is 24.7 Å². The summed E-state index contributed by atoms with van der Waals surface area (Å²) in [6.07, 6.45) is 9.25. The summed E-state index contributed by atoms with van der Waals surface area (Å²) in [5.41, 5.74) is 1.61. The predicted molar refractivity (Wildman–Crippen MR) is 95.2 cm³/mol. The maximum absolute atomic E-state index is 10.4. The topological polar surface area (TPSA) is 88.8 Å². The summed E-state index contributed by atoms with van der Waals surface area (Å²) in [7, 11) is 1.89. The molecular formula is C18H22N6O. The third kappa shape index (κ3) is 3.19. The van der Waals surface area contributed by atoms with Gasteiger partial charge in [-0.15, -0.1) is 0 Å². The number of fused-ring (bicyclic) bond motifs is 1. The van der Waals surface area contributed by atoms with Crippen LogP contribution in [0.4, 0.5) is 5.82 Å². The first-order chi connectivity index (χ1) is 12.2. The van der Waals surface area contributed by atoms with Crippen molar-refractivity contribution in [2.45, 2.75) is 37.7 Å². The van der Waals surface area contributed by atoms with Gasteiger partial charge in [-0.3, -0.25) is 9.67 Å². The Morgan fingerprint density at radius 1 is 1.28 bits per heavy atom. The zero-order chi connectivity index (χ0) is 17.2. The number of pyridine rings is 1. The van der Waals surface area contributed by atoms with Gasteiger partial charge in [0.2, 0.25) is 0 Å². The van der Waals surface area contributed by atoms with Gasteiger partial charge in [0.15, 0.2) is 5.65 Å². The minimum atomic E-state index is -0.648. The molecule has 1 saturated carbocycles. The molecule has 7 heteroatoms. The van der Waals surface area contributed by atoms with Gasteiger partial charge in [0, 0.05) is 37.5 Å². The fourth-order valence-electron chi connectivity index (χ4n) is 3.42. The Morgan fingerprint density at radius 3 is 2.88 bits per heavy atom. The molecule has 0 spiro atoms. The Bertz CT molecular complexity index is 857. The van der Waals surface area contributed by atoms with E-state index in [1.807, 2.05) is 19.2 Å². The largest absolute Gasteiger partial charge is 0.387 e. The molecule has 1 aliphatic rings. The lowest BCUT2D eigenvalue weighted by Gasteiger charge is -2.15. The highest BCUT2D eigenvalue weighted by atomic mass is 16.3. The average molecular weight is 338 g/mol. The van der Waals surface area contributed by atoms with E-state index < -0.39 is 6.10 Å². The molecule has 1 fully saturated rings. The molecule has 3 aromatic rings. The number of anilines is 1. The van der Waals surface area contributed by atoms with Crippen molar-refractivity contribution in [3.05, 3.63) is 42.1 Å². The Labute approximate surface area is 146 Å². The molecule has 0 aliphatic heterocycles. The maximum Gasteiger partial charge on any atom is 0.163 e. The molecule has 7 nitrogen and oxygen atoms in total. The molecule has 0 amide bonds. The van der Waals surface area contributed by atoms with Crippen molar-refractivity contribution in [3.63, 3.8) is 0 Å². The molecule has 1 atom stereocenters. The first-order valence-electron chi connectivity index (χ1n) is 8.74. The van der Waals surface area contributed by atoms with Crippen LogP contribution in [-0.2, 0) is 7.05 Å². The molecule has 0 saturated heterocycles. The number of hydrogen-bond acceptors (Lipinski definition) is 6. The number of rotatable bonds is 5. The molecule has 0 unspecified atom stereocenters. The zero-order valence-corrected chi connectivity index (χ0v) is 14.3. The van der Waals surface area contributed by atoms with Crippen molar-refractivity contribution in [2.24, 2.45) is 7.05 Å². The van der Waals surface area contributed by atoms with Crippen LogP contribution >= 0.6 is 0 Å². The second-order valence-corrected chi connectivity index (χ2v) is 6.60. The Kier molecular flexibility index (Phi) is 4.31. The number of nitrogens with zero attached hydrogens (tertiary/aromatic N) is 5. The van der Waals surface area contributed by atoms with E-state index in [2.05, 4.69) is 15.4 Å². The number of nitrogens with one attached hydrogen (secondary N) is 1. The van der Waals surface area contributed by atoms with Gasteiger partial charge in [-0.1, -0.05) is 18.9 Å². The van der Waals surface area contributed by atoms with Crippen molar-refractivity contribution < 1.29 is 5.11 Å². The molecule has 3 aromatic heterocycles. The average Bonchev–Trinajstić information content (AvgIpc) is 3.31. The molecule has 2 N–H and O–H groups in total. The number of aryl methyl sites for hydroxylation is 1. The standard InChI is InChI=1S/C18H22N6O/c1-24-18-14(10-21-24)17(22-16(23-18)12-5-2-3-6-12)20-11-15(25)13-7-4-8-19-9-13/h4,7-10,12,15,25H,2-3,5-6,11H2,1H3,(H,20,22,23)/t15-/m1/s1. The van der Waals surface area contributed by atoms with Crippen LogP contribution in [0, 0.1) is 0 Å². The summed E-state index contributed by atoms with van der Waals surface area (Å²) >= 11 is 0. The zero-order valence-electron chi connectivity index (χ0n) is 14.3. The molecule has 4 rings (SSSR count). The predicted octanol–water partition coefficient (Wildman–Crippen LogP) is 2.56. The smallest absolute Gasteiger partial charge is 0.163 e. The van der Waals surface area contributed by atoms with Gasteiger partial charge in [-0.25, -0.2) is 9.97 Å². The maximum atomic E-state index is 10.4. The summed E-state index contributed by atoms with van der Waals surface area (Å²) in [6, 6.07) is 3.68. The van der Waals surface area contributed by atoms with Gasteiger partial charge in [0.1, 0.15) is 11.6 Å². The highest BCUT2D eigenvalue weighted by Crippen LogP contribution is 2.34. The second-order valence-electron chi connectivity index (χ2n) is 6.60. The Morgan fingerprint density at radius 2 is 2.12 bits per heavy atom. The number of aliphatic hydroxyl groups excluding tert-OH is 1. The van der Waals surface area contributed by atoms with Gasteiger partial charge >= 0.3 is 0 Å². The summed E-state index contributed by atoms with van der Waals surface area (Å²) in [5.74, 6) is 2.04. The van der Waals surface area contributed by atoms with Gasteiger partial charge in [0.25, 0.3) is 0 Å². The van der Waals surface area contributed by atoms with Crippen molar-refractivity contribution in [1.29, 1.82) is 0 Å². The molecule has 0 bridgehead atoms. The van der Waals surface area contributed by atoms with Crippen LogP contribution in [0.25, 0.3) is 11.0 Å². The van der Waals surface area contributed by atoms with E-state index >= 15 is 0 Å². The van der Waals surface area contributed by atoms with Crippen LogP contribution in [-0.4, -0.2) is 36.4 Å². The summed E-state index contributed by atoms with van der Waals surface area (Å²) < 4.78 is 1.78. The van der Waals surface area contributed by atoms with Gasteiger partial charge in [-0.2, -0.15) is 5.10 Å². The van der Waals surface area contributed by atoms with Crippen LogP contribution < -0.4 is 5.32 Å². The lowest BCUT2D eigenvalue weighted by Crippen LogP contribution is -2.15. The van der Waals surface area contributed by atoms with Crippen LogP contribution in [0.3, 0.4) is 0 Å². The fraction of sp³-hybridized carbons (Fsp3) is 0.444. The molecule has 1 aliphatic carbocycles. The van der Waals surface area contributed by atoms with E-state index in [1.54, 1.807) is 23.3 Å². The third-order valence-electron chi connectivity index (χ3n) is 4.86.